The van der Waals surface area contributed by atoms with E-state index in [-0.39, 0.29) is 17.3 Å². The fourth-order valence-electron chi connectivity index (χ4n) is 2.01. The van der Waals surface area contributed by atoms with Crippen LogP contribution < -0.4 is 5.73 Å². The number of carbonyl (C=O) groups is 1. The maximum atomic E-state index is 10.9. The van der Waals surface area contributed by atoms with Crippen molar-refractivity contribution in [1.29, 1.82) is 0 Å². The van der Waals surface area contributed by atoms with Gasteiger partial charge in [-0.3, -0.25) is 0 Å². The molecule has 1 aliphatic rings. The Morgan fingerprint density at radius 2 is 2.29 bits per heavy atom. The molecule has 1 unspecified atom stereocenters. The molecule has 0 amide bonds. The topological polar surface area (TPSA) is 98.3 Å². The molecule has 1 aromatic heterocycles. The van der Waals surface area contributed by atoms with Gasteiger partial charge in [-0.05, 0) is 19.8 Å². The number of aromatic carboxylic acids is 1. The van der Waals surface area contributed by atoms with Crippen molar-refractivity contribution in [3.8, 4) is 0 Å². The number of ether oxygens (including phenoxy) is 1. The highest BCUT2D eigenvalue weighted by atomic mass is 16.5. The first-order valence-electron chi connectivity index (χ1n) is 5.54. The van der Waals surface area contributed by atoms with E-state index in [4.69, 9.17) is 15.6 Å². The van der Waals surface area contributed by atoms with Gasteiger partial charge in [0.15, 0.2) is 0 Å². The smallest absolute Gasteiger partial charge is 0.341 e. The van der Waals surface area contributed by atoms with Gasteiger partial charge in [0.05, 0.1) is 12.3 Å². The van der Waals surface area contributed by atoms with Gasteiger partial charge >= 0.3 is 5.97 Å². The predicted octanol–water partition coefficient (Wildman–Crippen LogP) is 0.959. The number of rotatable bonds is 2. The molecule has 1 fully saturated rings. The summed E-state index contributed by atoms with van der Waals surface area (Å²) in [6, 6.07) is 0. The number of nitrogens with two attached hydrogens (primary N) is 1. The molecule has 2 rings (SSSR count). The van der Waals surface area contributed by atoms with Crippen LogP contribution >= 0.6 is 0 Å². The number of nitrogens with zero attached hydrogens (tertiary/aromatic N) is 2. The van der Waals surface area contributed by atoms with Crippen LogP contribution in [0.4, 0.5) is 5.82 Å². The first-order chi connectivity index (χ1) is 8.09. The van der Waals surface area contributed by atoms with E-state index in [0.717, 1.165) is 19.4 Å². The summed E-state index contributed by atoms with van der Waals surface area (Å²) in [6.07, 6.45) is 1.92. The minimum atomic E-state index is -1.09. The number of nitrogen functional groups attached to an aromatic ring is 1. The number of carboxylic acids is 1. The molecule has 1 saturated heterocycles. The lowest BCUT2D eigenvalue weighted by Crippen LogP contribution is -2.20. The molecular formula is C11H15N3O3. The largest absolute Gasteiger partial charge is 0.477 e. The third kappa shape index (κ3) is 2.36. The Balaban J connectivity index is 2.34. The van der Waals surface area contributed by atoms with Crippen molar-refractivity contribution in [2.45, 2.75) is 25.7 Å². The molecule has 0 aliphatic carbocycles. The number of carboxylic acid groups (broad SMARTS) is 1. The minimum absolute atomic E-state index is 0.00882. The second kappa shape index (κ2) is 4.67. The lowest BCUT2D eigenvalue weighted by atomic mass is 10.0. The van der Waals surface area contributed by atoms with Crippen LogP contribution in [0.5, 0.6) is 0 Å². The van der Waals surface area contributed by atoms with Crippen LogP contribution in [0.15, 0.2) is 0 Å². The molecule has 0 saturated carbocycles. The van der Waals surface area contributed by atoms with Crippen LogP contribution in [0.25, 0.3) is 0 Å². The SMILES string of the molecule is Cc1nc(C2CCCOC2)nc(N)c1C(=O)O. The van der Waals surface area contributed by atoms with E-state index in [1.54, 1.807) is 6.92 Å². The summed E-state index contributed by atoms with van der Waals surface area (Å²) in [5.74, 6) is -0.352. The summed E-state index contributed by atoms with van der Waals surface area (Å²) in [4.78, 5) is 19.3. The van der Waals surface area contributed by atoms with E-state index >= 15 is 0 Å². The van der Waals surface area contributed by atoms with Crippen LogP contribution in [0, 0.1) is 6.92 Å². The summed E-state index contributed by atoms with van der Waals surface area (Å²) < 4.78 is 5.36. The summed E-state index contributed by atoms with van der Waals surface area (Å²) >= 11 is 0. The van der Waals surface area contributed by atoms with Gasteiger partial charge in [0.1, 0.15) is 17.2 Å². The van der Waals surface area contributed by atoms with Gasteiger partial charge in [-0.2, -0.15) is 0 Å². The Morgan fingerprint density at radius 3 is 2.82 bits per heavy atom. The van der Waals surface area contributed by atoms with Crippen LogP contribution in [0.1, 0.15) is 40.6 Å². The zero-order chi connectivity index (χ0) is 12.4. The lowest BCUT2D eigenvalue weighted by Gasteiger charge is -2.21. The Labute approximate surface area is 98.8 Å². The van der Waals surface area contributed by atoms with E-state index < -0.39 is 5.97 Å². The molecule has 6 heteroatoms. The number of aryl methyl sites for hydroxylation is 1. The van der Waals surface area contributed by atoms with Gasteiger partial charge in [0, 0.05) is 12.5 Å². The minimum Gasteiger partial charge on any atom is -0.477 e. The third-order valence-electron chi connectivity index (χ3n) is 2.87. The van der Waals surface area contributed by atoms with Gasteiger partial charge in [-0.25, -0.2) is 14.8 Å². The molecule has 1 aliphatic heterocycles. The number of aromatic nitrogens is 2. The van der Waals surface area contributed by atoms with Crippen molar-refractivity contribution in [2.75, 3.05) is 18.9 Å². The zero-order valence-corrected chi connectivity index (χ0v) is 9.64. The summed E-state index contributed by atoms with van der Waals surface area (Å²) in [7, 11) is 0. The van der Waals surface area contributed by atoms with Gasteiger partial charge in [0.2, 0.25) is 0 Å². The van der Waals surface area contributed by atoms with Crippen molar-refractivity contribution in [3.05, 3.63) is 17.1 Å². The summed E-state index contributed by atoms with van der Waals surface area (Å²) in [5, 5.41) is 8.96. The number of anilines is 1. The highest BCUT2D eigenvalue weighted by Gasteiger charge is 2.22. The molecule has 0 aromatic carbocycles. The average molecular weight is 237 g/mol. The lowest BCUT2D eigenvalue weighted by molar-refractivity contribution is 0.0695. The van der Waals surface area contributed by atoms with Crippen LogP contribution in [0.2, 0.25) is 0 Å². The first kappa shape index (κ1) is 11.8. The molecule has 1 atom stereocenters. The van der Waals surface area contributed by atoms with E-state index in [9.17, 15) is 4.79 Å². The monoisotopic (exact) mass is 237 g/mol. The van der Waals surface area contributed by atoms with Crippen molar-refractivity contribution in [2.24, 2.45) is 0 Å². The Kier molecular flexibility index (Phi) is 3.23. The molecule has 0 spiro atoms. The van der Waals surface area contributed by atoms with Gasteiger partial charge in [-0.1, -0.05) is 0 Å². The van der Waals surface area contributed by atoms with E-state index in [2.05, 4.69) is 9.97 Å². The third-order valence-corrected chi connectivity index (χ3v) is 2.87. The Hall–Kier alpha value is -1.69. The van der Waals surface area contributed by atoms with Crippen LogP contribution in [0.3, 0.4) is 0 Å². The molecule has 0 radical (unpaired) electrons. The van der Waals surface area contributed by atoms with E-state index in [1.165, 1.54) is 0 Å². The molecule has 6 nitrogen and oxygen atoms in total. The molecule has 92 valence electrons. The number of hydrogen-bond acceptors (Lipinski definition) is 5. The standard InChI is InChI=1S/C11H15N3O3/c1-6-8(11(15)16)9(12)14-10(13-6)7-3-2-4-17-5-7/h7H,2-5H2,1H3,(H,15,16)(H2,12,13,14). The van der Waals surface area contributed by atoms with E-state index in [0.29, 0.717) is 18.1 Å². The molecular weight excluding hydrogens is 222 g/mol. The highest BCUT2D eigenvalue weighted by molar-refractivity contribution is 5.93. The number of hydrogen-bond donors (Lipinski definition) is 2. The molecule has 2 heterocycles. The molecule has 0 bridgehead atoms. The van der Waals surface area contributed by atoms with Gasteiger partial charge < -0.3 is 15.6 Å². The van der Waals surface area contributed by atoms with Gasteiger partial charge in [0.25, 0.3) is 0 Å². The van der Waals surface area contributed by atoms with Crippen molar-refractivity contribution < 1.29 is 14.6 Å². The van der Waals surface area contributed by atoms with Crippen LogP contribution in [-0.4, -0.2) is 34.3 Å². The van der Waals surface area contributed by atoms with Crippen molar-refractivity contribution >= 4 is 11.8 Å². The maximum absolute atomic E-state index is 10.9. The van der Waals surface area contributed by atoms with Crippen molar-refractivity contribution in [3.63, 3.8) is 0 Å². The average Bonchev–Trinajstić information content (AvgIpc) is 2.28. The second-order valence-electron chi connectivity index (χ2n) is 4.15. The molecule has 1 aromatic rings. The first-order valence-corrected chi connectivity index (χ1v) is 5.54. The fourth-order valence-corrected chi connectivity index (χ4v) is 2.01. The van der Waals surface area contributed by atoms with Crippen LogP contribution in [-0.2, 0) is 4.74 Å². The zero-order valence-electron chi connectivity index (χ0n) is 9.64. The molecule has 17 heavy (non-hydrogen) atoms. The summed E-state index contributed by atoms with van der Waals surface area (Å²) in [6.45, 7) is 2.97. The Morgan fingerprint density at radius 1 is 1.53 bits per heavy atom. The highest BCUT2D eigenvalue weighted by Crippen LogP contribution is 2.24. The second-order valence-corrected chi connectivity index (χ2v) is 4.15. The Bertz CT molecular complexity index is 419. The van der Waals surface area contributed by atoms with Crippen molar-refractivity contribution in [1.82, 2.24) is 9.97 Å². The van der Waals surface area contributed by atoms with E-state index in [1.807, 2.05) is 0 Å². The summed E-state index contributed by atoms with van der Waals surface area (Å²) in [5.41, 5.74) is 6.06. The van der Waals surface area contributed by atoms with Gasteiger partial charge in [-0.15, -0.1) is 0 Å². The predicted molar refractivity (Wildman–Crippen MR) is 60.9 cm³/mol. The molecule has 3 N–H and O–H groups in total. The fraction of sp³-hybridized carbons (Fsp3) is 0.545. The quantitative estimate of drug-likeness (QED) is 0.794. The normalized spacial score (nSPS) is 20.2. The maximum Gasteiger partial charge on any atom is 0.341 e.